The summed E-state index contributed by atoms with van der Waals surface area (Å²) in [6.45, 7) is -0.234. The number of alkyl halides is 3. The molecule has 1 N–H and O–H groups in total. The number of hydrogen-bond donors (Lipinski definition) is 1. The number of aliphatic hydroxyl groups excluding tert-OH is 1. The van der Waals surface area contributed by atoms with Gasteiger partial charge in [-0.1, -0.05) is 0 Å². The van der Waals surface area contributed by atoms with E-state index < -0.39 is 12.8 Å². The highest BCUT2D eigenvalue weighted by Crippen LogP contribution is 2.19. The number of ether oxygens (including phenoxy) is 2. The summed E-state index contributed by atoms with van der Waals surface area (Å²) < 4.78 is 45.1. The Balaban J connectivity index is 2.22. The van der Waals surface area contributed by atoms with Crippen molar-refractivity contribution < 1.29 is 27.8 Å². The van der Waals surface area contributed by atoms with Gasteiger partial charge in [-0.15, -0.1) is 0 Å². The highest BCUT2D eigenvalue weighted by molar-refractivity contribution is 4.85. The van der Waals surface area contributed by atoms with Gasteiger partial charge in [0.2, 0.25) is 0 Å². The minimum atomic E-state index is -4.28. The number of rotatable bonds is 6. The lowest BCUT2D eigenvalue weighted by molar-refractivity contribution is -0.174. The van der Waals surface area contributed by atoms with Gasteiger partial charge in [-0.25, -0.2) is 0 Å². The van der Waals surface area contributed by atoms with Crippen LogP contribution in [0.5, 0.6) is 0 Å². The molecule has 0 saturated carbocycles. The lowest BCUT2D eigenvalue weighted by Gasteiger charge is -2.22. The van der Waals surface area contributed by atoms with Crippen molar-refractivity contribution in [3.05, 3.63) is 0 Å². The average Bonchev–Trinajstić information content (AvgIpc) is 2.65. The molecule has 0 aliphatic carbocycles. The summed E-state index contributed by atoms with van der Waals surface area (Å²) in [5.41, 5.74) is 0. The zero-order chi connectivity index (χ0) is 12.9. The zero-order valence-electron chi connectivity index (χ0n) is 9.74. The van der Waals surface area contributed by atoms with Crippen LogP contribution in [0, 0.1) is 0 Å². The van der Waals surface area contributed by atoms with E-state index in [0.29, 0.717) is 19.5 Å². The Morgan fingerprint density at radius 3 is 2.65 bits per heavy atom. The first-order valence-electron chi connectivity index (χ1n) is 5.48. The molecule has 1 rings (SSSR count). The summed E-state index contributed by atoms with van der Waals surface area (Å²) in [5, 5.41) is 9.12. The van der Waals surface area contributed by atoms with E-state index in [1.807, 2.05) is 4.90 Å². The largest absolute Gasteiger partial charge is 0.411 e. The summed E-state index contributed by atoms with van der Waals surface area (Å²) >= 11 is 0. The predicted molar refractivity (Wildman–Crippen MR) is 54.7 cm³/mol. The Labute approximate surface area is 98.3 Å². The molecule has 1 saturated heterocycles. The summed E-state index contributed by atoms with van der Waals surface area (Å²) in [5.74, 6) is 0. The van der Waals surface area contributed by atoms with Crippen LogP contribution in [0.25, 0.3) is 0 Å². The van der Waals surface area contributed by atoms with Gasteiger partial charge >= 0.3 is 6.18 Å². The van der Waals surface area contributed by atoms with Crippen molar-refractivity contribution >= 4 is 0 Å². The number of methoxy groups -OCH3 is 1. The average molecular weight is 257 g/mol. The van der Waals surface area contributed by atoms with E-state index in [2.05, 4.69) is 4.74 Å². The van der Waals surface area contributed by atoms with E-state index in [0.717, 1.165) is 0 Å². The van der Waals surface area contributed by atoms with Gasteiger partial charge in [-0.05, 0) is 6.42 Å². The normalized spacial score (nSPS) is 26.6. The lowest BCUT2D eigenvalue weighted by Crippen LogP contribution is -2.35. The molecule has 0 aromatic heterocycles. The molecule has 0 spiro atoms. The Kier molecular flexibility index (Phi) is 5.64. The maximum atomic E-state index is 11.8. The number of nitrogens with zero attached hydrogens (tertiary/aromatic N) is 1. The number of aliphatic hydroxyl groups is 1. The summed E-state index contributed by atoms with van der Waals surface area (Å²) in [6.07, 6.45) is -3.54. The SMILES string of the molecule is CO[C@H]1C[C@@H](CO)N(CCOCC(F)(F)F)C1. The van der Waals surface area contributed by atoms with Gasteiger partial charge in [0.05, 0.1) is 19.3 Å². The summed E-state index contributed by atoms with van der Waals surface area (Å²) in [4.78, 5) is 1.89. The molecule has 1 heterocycles. The van der Waals surface area contributed by atoms with Crippen LogP contribution in [0.1, 0.15) is 6.42 Å². The first-order valence-corrected chi connectivity index (χ1v) is 5.48. The van der Waals surface area contributed by atoms with E-state index in [-0.39, 0.29) is 25.4 Å². The molecule has 0 unspecified atom stereocenters. The number of halogens is 3. The predicted octanol–water partition coefficient (Wildman–Crippen LogP) is 0.647. The fraction of sp³-hybridized carbons (Fsp3) is 1.00. The van der Waals surface area contributed by atoms with Crippen LogP contribution in [-0.4, -0.2) is 68.3 Å². The highest BCUT2D eigenvalue weighted by Gasteiger charge is 2.32. The Morgan fingerprint density at radius 2 is 2.12 bits per heavy atom. The van der Waals surface area contributed by atoms with Crippen LogP contribution < -0.4 is 0 Å². The smallest absolute Gasteiger partial charge is 0.395 e. The second kappa shape index (κ2) is 6.53. The van der Waals surface area contributed by atoms with E-state index in [4.69, 9.17) is 9.84 Å². The standard InChI is InChI=1S/C10H18F3NO3/c1-16-9-4-8(6-15)14(5-9)2-3-17-7-10(11,12)13/h8-9,15H,2-7H2,1H3/t8-,9-/m0/s1. The van der Waals surface area contributed by atoms with Crippen LogP contribution >= 0.6 is 0 Å². The van der Waals surface area contributed by atoms with Gasteiger partial charge in [0.25, 0.3) is 0 Å². The highest BCUT2D eigenvalue weighted by atomic mass is 19.4. The van der Waals surface area contributed by atoms with Crippen LogP contribution in [0.4, 0.5) is 13.2 Å². The second-order valence-electron chi connectivity index (χ2n) is 4.09. The van der Waals surface area contributed by atoms with Crippen molar-refractivity contribution in [1.82, 2.24) is 4.90 Å². The van der Waals surface area contributed by atoms with Crippen molar-refractivity contribution in [3.63, 3.8) is 0 Å². The molecular formula is C10H18F3NO3. The molecule has 0 radical (unpaired) electrons. The van der Waals surface area contributed by atoms with Gasteiger partial charge < -0.3 is 14.6 Å². The minimum absolute atomic E-state index is 0.00639. The van der Waals surface area contributed by atoms with Crippen molar-refractivity contribution in [1.29, 1.82) is 0 Å². The second-order valence-corrected chi connectivity index (χ2v) is 4.09. The molecule has 1 aliphatic rings. The monoisotopic (exact) mass is 257 g/mol. The van der Waals surface area contributed by atoms with Gasteiger partial charge in [-0.3, -0.25) is 4.90 Å². The molecule has 1 fully saturated rings. The number of hydrogen-bond acceptors (Lipinski definition) is 4. The van der Waals surface area contributed by atoms with Crippen LogP contribution in [0.2, 0.25) is 0 Å². The Bertz CT molecular complexity index is 225. The minimum Gasteiger partial charge on any atom is -0.395 e. The van der Waals surface area contributed by atoms with Crippen LogP contribution in [0.3, 0.4) is 0 Å². The van der Waals surface area contributed by atoms with E-state index in [1.165, 1.54) is 0 Å². The Hall–Kier alpha value is -0.370. The van der Waals surface area contributed by atoms with Gasteiger partial charge in [-0.2, -0.15) is 13.2 Å². The zero-order valence-corrected chi connectivity index (χ0v) is 9.74. The molecule has 1 aliphatic heterocycles. The third-order valence-corrected chi connectivity index (χ3v) is 2.82. The van der Waals surface area contributed by atoms with Crippen molar-refractivity contribution in [2.45, 2.75) is 24.7 Å². The lowest BCUT2D eigenvalue weighted by atomic mass is 10.2. The quantitative estimate of drug-likeness (QED) is 0.709. The first-order chi connectivity index (χ1) is 7.96. The third kappa shape index (κ3) is 5.20. The van der Waals surface area contributed by atoms with E-state index >= 15 is 0 Å². The van der Waals surface area contributed by atoms with E-state index in [1.54, 1.807) is 7.11 Å². The van der Waals surface area contributed by atoms with Gasteiger partial charge in [0.1, 0.15) is 6.61 Å². The van der Waals surface area contributed by atoms with Crippen molar-refractivity contribution in [2.75, 3.05) is 40.0 Å². The molecule has 102 valence electrons. The van der Waals surface area contributed by atoms with Crippen LogP contribution in [0.15, 0.2) is 0 Å². The molecule has 4 nitrogen and oxygen atoms in total. The maximum Gasteiger partial charge on any atom is 0.411 e. The Morgan fingerprint density at radius 1 is 1.41 bits per heavy atom. The first kappa shape index (κ1) is 14.7. The molecule has 2 atom stereocenters. The number of likely N-dealkylation sites (tertiary alicyclic amines) is 1. The van der Waals surface area contributed by atoms with Gasteiger partial charge in [0, 0.05) is 26.2 Å². The molecule has 17 heavy (non-hydrogen) atoms. The third-order valence-electron chi connectivity index (χ3n) is 2.82. The molecule has 7 heteroatoms. The fourth-order valence-corrected chi connectivity index (χ4v) is 1.94. The topological polar surface area (TPSA) is 41.9 Å². The maximum absolute atomic E-state index is 11.8. The fourth-order valence-electron chi connectivity index (χ4n) is 1.94. The molecule has 0 bridgehead atoms. The summed E-state index contributed by atoms with van der Waals surface area (Å²) in [7, 11) is 1.59. The van der Waals surface area contributed by atoms with Gasteiger partial charge in [0.15, 0.2) is 0 Å². The molecule has 0 aromatic carbocycles. The molecule has 0 aromatic rings. The van der Waals surface area contributed by atoms with Crippen LogP contribution in [-0.2, 0) is 9.47 Å². The summed E-state index contributed by atoms with van der Waals surface area (Å²) in [6, 6.07) is -0.0468. The molecule has 0 amide bonds. The van der Waals surface area contributed by atoms with Crippen molar-refractivity contribution in [3.8, 4) is 0 Å². The van der Waals surface area contributed by atoms with E-state index in [9.17, 15) is 13.2 Å². The van der Waals surface area contributed by atoms with Crippen molar-refractivity contribution in [2.24, 2.45) is 0 Å². The molecular weight excluding hydrogens is 239 g/mol.